The fraction of sp³-hybridized carbons (Fsp3) is 0.286. The minimum Gasteiger partial charge on any atom is -0.478 e. The molecule has 3 heteroatoms. The highest BCUT2D eigenvalue weighted by Gasteiger charge is 2.07. The van der Waals surface area contributed by atoms with Crippen LogP contribution >= 0.6 is 0 Å². The van der Waals surface area contributed by atoms with Crippen LogP contribution in [0.5, 0.6) is 0 Å². The second-order valence-corrected chi connectivity index (χ2v) is 6.46. The molecule has 0 aliphatic carbocycles. The Bertz CT molecular complexity index is 732. The molecule has 0 aliphatic rings. The van der Waals surface area contributed by atoms with E-state index < -0.39 is 5.97 Å². The summed E-state index contributed by atoms with van der Waals surface area (Å²) in [4.78, 5) is 11.2. The largest absolute Gasteiger partial charge is 0.478 e. The van der Waals surface area contributed by atoms with Gasteiger partial charge in [0.15, 0.2) is 0 Å². The molecule has 0 heterocycles. The highest BCUT2D eigenvalue weighted by atomic mass is 16.4. The maximum absolute atomic E-state index is 11.2. The first kappa shape index (κ1) is 17.8. The van der Waals surface area contributed by atoms with Crippen LogP contribution in [-0.2, 0) is 12.8 Å². The van der Waals surface area contributed by atoms with Gasteiger partial charge in [0, 0.05) is 0 Å². The molecule has 0 unspecified atom stereocenters. The number of aryl methyl sites for hydroxylation is 1. The molecule has 2 aromatic rings. The summed E-state index contributed by atoms with van der Waals surface area (Å²) < 4.78 is 0. The fourth-order valence-corrected chi connectivity index (χ4v) is 2.72. The van der Waals surface area contributed by atoms with E-state index in [0.717, 1.165) is 12.8 Å². The lowest BCUT2D eigenvalue weighted by Gasteiger charge is -2.09. The molecule has 0 saturated carbocycles. The van der Waals surface area contributed by atoms with Crippen molar-refractivity contribution in [2.24, 2.45) is 5.92 Å². The SMILES string of the molecule is Cc1cc(CC(C)C)ccc1CC=CNc1ccccc1C(=O)O. The van der Waals surface area contributed by atoms with Crippen molar-refractivity contribution in [1.82, 2.24) is 0 Å². The molecular weight excluding hydrogens is 298 g/mol. The van der Waals surface area contributed by atoms with E-state index in [2.05, 4.69) is 44.3 Å². The zero-order valence-electron chi connectivity index (χ0n) is 14.5. The van der Waals surface area contributed by atoms with Gasteiger partial charge in [-0.3, -0.25) is 0 Å². The van der Waals surface area contributed by atoms with Crippen LogP contribution in [0.15, 0.2) is 54.7 Å². The van der Waals surface area contributed by atoms with E-state index in [4.69, 9.17) is 5.11 Å². The van der Waals surface area contributed by atoms with E-state index in [0.29, 0.717) is 11.6 Å². The summed E-state index contributed by atoms with van der Waals surface area (Å²) in [5, 5.41) is 12.2. The lowest BCUT2D eigenvalue weighted by molar-refractivity contribution is 0.0698. The Morgan fingerprint density at radius 1 is 1.21 bits per heavy atom. The van der Waals surface area contributed by atoms with Gasteiger partial charge in [0.05, 0.1) is 11.3 Å². The van der Waals surface area contributed by atoms with Gasteiger partial charge in [-0.05, 0) is 60.7 Å². The molecular formula is C21H25NO2. The van der Waals surface area contributed by atoms with Gasteiger partial charge in [0.1, 0.15) is 0 Å². The van der Waals surface area contributed by atoms with Crippen molar-refractivity contribution in [2.75, 3.05) is 5.32 Å². The third-order valence-corrected chi connectivity index (χ3v) is 3.90. The average Bonchev–Trinajstić information content (AvgIpc) is 2.53. The van der Waals surface area contributed by atoms with Crippen LogP contribution in [-0.4, -0.2) is 11.1 Å². The summed E-state index contributed by atoms with van der Waals surface area (Å²) in [6.45, 7) is 6.60. The van der Waals surface area contributed by atoms with Gasteiger partial charge in [-0.25, -0.2) is 4.79 Å². The molecule has 0 atom stereocenters. The molecule has 2 N–H and O–H groups in total. The van der Waals surface area contributed by atoms with E-state index in [1.54, 1.807) is 18.2 Å². The van der Waals surface area contributed by atoms with Crippen LogP contribution in [0.25, 0.3) is 0 Å². The average molecular weight is 323 g/mol. The smallest absolute Gasteiger partial charge is 0.337 e. The van der Waals surface area contributed by atoms with Gasteiger partial charge in [-0.1, -0.05) is 50.3 Å². The number of para-hydroxylation sites is 1. The zero-order chi connectivity index (χ0) is 17.5. The number of carboxylic acids is 1. The quantitative estimate of drug-likeness (QED) is 0.749. The first-order valence-corrected chi connectivity index (χ1v) is 8.29. The Morgan fingerprint density at radius 3 is 2.62 bits per heavy atom. The normalized spacial score (nSPS) is 11.2. The molecule has 2 rings (SSSR count). The molecule has 0 aromatic heterocycles. The fourth-order valence-electron chi connectivity index (χ4n) is 2.72. The number of hydrogen-bond donors (Lipinski definition) is 2. The van der Waals surface area contributed by atoms with E-state index >= 15 is 0 Å². The van der Waals surface area contributed by atoms with Crippen LogP contribution in [0.2, 0.25) is 0 Å². The molecule has 0 radical (unpaired) electrons. The summed E-state index contributed by atoms with van der Waals surface area (Å²) in [6.07, 6.45) is 5.74. The van der Waals surface area contributed by atoms with E-state index in [9.17, 15) is 4.79 Å². The molecule has 2 aromatic carbocycles. The van der Waals surface area contributed by atoms with Crippen LogP contribution in [0, 0.1) is 12.8 Å². The summed E-state index contributed by atoms with van der Waals surface area (Å²) in [7, 11) is 0. The van der Waals surface area contributed by atoms with Crippen LogP contribution in [0.4, 0.5) is 5.69 Å². The van der Waals surface area contributed by atoms with Crippen molar-refractivity contribution in [3.05, 3.63) is 77.0 Å². The summed E-state index contributed by atoms with van der Waals surface area (Å²) in [6, 6.07) is 13.5. The lowest BCUT2D eigenvalue weighted by atomic mass is 9.97. The number of rotatable bonds is 7. The lowest BCUT2D eigenvalue weighted by Crippen LogP contribution is -2.01. The molecule has 0 spiro atoms. The minimum absolute atomic E-state index is 0.274. The number of carboxylic acid groups (broad SMARTS) is 1. The van der Waals surface area contributed by atoms with Crippen molar-refractivity contribution >= 4 is 11.7 Å². The second-order valence-electron chi connectivity index (χ2n) is 6.46. The van der Waals surface area contributed by atoms with Crippen molar-refractivity contribution < 1.29 is 9.90 Å². The third kappa shape index (κ3) is 4.98. The Balaban J connectivity index is 1.99. The van der Waals surface area contributed by atoms with Crippen molar-refractivity contribution in [3.8, 4) is 0 Å². The monoisotopic (exact) mass is 323 g/mol. The maximum Gasteiger partial charge on any atom is 0.337 e. The van der Waals surface area contributed by atoms with Crippen LogP contribution in [0.3, 0.4) is 0 Å². The molecule has 0 amide bonds. The summed E-state index contributed by atoms with van der Waals surface area (Å²) >= 11 is 0. The van der Waals surface area contributed by atoms with Gasteiger partial charge >= 0.3 is 5.97 Å². The summed E-state index contributed by atoms with van der Waals surface area (Å²) in [5.41, 5.74) is 4.83. The molecule has 126 valence electrons. The topological polar surface area (TPSA) is 49.3 Å². The predicted molar refractivity (Wildman–Crippen MR) is 99.6 cm³/mol. The molecule has 0 saturated heterocycles. The number of aromatic carboxylic acids is 1. The second kappa shape index (κ2) is 8.34. The van der Waals surface area contributed by atoms with Gasteiger partial charge in [-0.2, -0.15) is 0 Å². The maximum atomic E-state index is 11.2. The van der Waals surface area contributed by atoms with Gasteiger partial charge in [0.2, 0.25) is 0 Å². The first-order valence-electron chi connectivity index (χ1n) is 8.29. The number of benzene rings is 2. The number of hydrogen-bond acceptors (Lipinski definition) is 2. The van der Waals surface area contributed by atoms with Crippen molar-refractivity contribution in [2.45, 2.75) is 33.6 Å². The molecule has 0 fully saturated rings. The highest BCUT2D eigenvalue weighted by Crippen LogP contribution is 2.17. The number of carbonyl (C=O) groups is 1. The van der Waals surface area contributed by atoms with E-state index in [1.165, 1.54) is 16.7 Å². The van der Waals surface area contributed by atoms with Crippen LogP contribution < -0.4 is 5.32 Å². The zero-order valence-corrected chi connectivity index (χ0v) is 14.5. The van der Waals surface area contributed by atoms with Crippen molar-refractivity contribution in [3.63, 3.8) is 0 Å². The Labute approximate surface area is 144 Å². The third-order valence-electron chi connectivity index (χ3n) is 3.90. The first-order chi connectivity index (χ1) is 11.5. The Kier molecular flexibility index (Phi) is 6.19. The Morgan fingerprint density at radius 2 is 1.96 bits per heavy atom. The van der Waals surface area contributed by atoms with Gasteiger partial charge in [-0.15, -0.1) is 0 Å². The number of allylic oxidation sites excluding steroid dienone is 1. The number of nitrogens with one attached hydrogen (secondary N) is 1. The van der Waals surface area contributed by atoms with Gasteiger partial charge < -0.3 is 10.4 Å². The summed E-state index contributed by atoms with van der Waals surface area (Å²) in [5.74, 6) is -0.267. The highest BCUT2D eigenvalue weighted by molar-refractivity contribution is 5.94. The van der Waals surface area contributed by atoms with E-state index in [-0.39, 0.29) is 5.56 Å². The van der Waals surface area contributed by atoms with Crippen molar-refractivity contribution in [1.29, 1.82) is 0 Å². The number of anilines is 1. The Hall–Kier alpha value is -2.55. The molecule has 0 bridgehead atoms. The molecule has 3 nitrogen and oxygen atoms in total. The predicted octanol–water partition coefficient (Wildman–Crippen LogP) is 5.06. The van der Waals surface area contributed by atoms with Gasteiger partial charge in [0.25, 0.3) is 0 Å². The minimum atomic E-state index is -0.928. The van der Waals surface area contributed by atoms with Crippen LogP contribution in [0.1, 0.15) is 40.9 Å². The molecule has 0 aliphatic heterocycles. The standard InChI is InChI=1S/C21H25NO2/c1-15(2)13-17-10-11-18(16(3)14-17)7-6-12-22-20-9-5-4-8-19(20)21(23)24/h4-6,8-12,14-15,22H,7,13H2,1-3H3,(H,23,24). The molecule has 24 heavy (non-hydrogen) atoms. The van der Waals surface area contributed by atoms with E-state index in [1.807, 2.05) is 18.3 Å².